The molecular formula is C19H22N4O3. The van der Waals surface area contributed by atoms with Crippen LogP contribution in [-0.4, -0.2) is 39.3 Å². The number of carboxylic acid groups (broad SMARTS) is 1. The summed E-state index contributed by atoms with van der Waals surface area (Å²) in [5, 5.41) is 9.86. The number of aryl methyl sites for hydroxylation is 1. The molecule has 4 heterocycles. The molecule has 0 radical (unpaired) electrons. The number of pyridine rings is 2. The summed E-state index contributed by atoms with van der Waals surface area (Å²) in [6.07, 6.45) is 9.11. The number of aromatic carboxylic acids is 1. The fraction of sp³-hybridized carbons (Fsp3) is 0.526. The Labute approximate surface area is 150 Å². The van der Waals surface area contributed by atoms with Gasteiger partial charge in [-0.25, -0.2) is 9.78 Å². The largest absolute Gasteiger partial charge is 0.477 e. The van der Waals surface area contributed by atoms with Crippen LogP contribution in [0.1, 0.15) is 54.1 Å². The molecule has 0 amide bonds. The van der Waals surface area contributed by atoms with E-state index in [0.29, 0.717) is 11.4 Å². The molecule has 0 aromatic carbocycles. The highest BCUT2D eigenvalue weighted by Crippen LogP contribution is 2.41. The highest BCUT2D eigenvalue weighted by atomic mass is 16.4. The van der Waals surface area contributed by atoms with E-state index in [1.165, 1.54) is 0 Å². The summed E-state index contributed by atoms with van der Waals surface area (Å²) in [6, 6.07) is 0.849. The zero-order chi connectivity index (χ0) is 18.0. The topological polar surface area (TPSA) is 101 Å². The van der Waals surface area contributed by atoms with E-state index in [1.807, 2.05) is 4.57 Å². The van der Waals surface area contributed by atoms with Crippen LogP contribution in [0.25, 0.3) is 10.9 Å². The predicted molar refractivity (Wildman–Crippen MR) is 97.9 cm³/mol. The standard InChI is InChI=1S/C19H22N4O3/c20-10-6-12-2-1-3-13-16-14(7-21-18(13)23(12)8-10)17(24)15(19(25)26)9-22(16)11-4-5-11/h7,9-12H,1-6,8,20H2,(H,25,26)/t10-,12?/m0/s1. The number of nitrogens with two attached hydrogens (primary N) is 1. The van der Waals surface area contributed by atoms with Crippen LogP contribution >= 0.6 is 0 Å². The lowest BCUT2D eigenvalue weighted by Gasteiger charge is -2.26. The van der Waals surface area contributed by atoms with Crippen LogP contribution in [-0.2, 0) is 6.42 Å². The van der Waals surface area contributed by atoms with Gasteiger partial charge >= 0.3 is 5.97 Å². The van der Waals surface area contributed by atoms with E-state index in [0.717, 1.165) is 62.0 Å². The van der Waals surface area contributed by atoms with Gasteiger partial charge in [0.1, 0.15) is 11.4 Å². The average molecular weight is 354 g/mol. The van der Waals surface area contributed by atoms with E-state index >= 15 is 0 Å². The number of rotatable bonds is 2. The molecule has 2 aromatic rings. The van der Waals surface area contributed by atoms with E-state index < -0.39 is 11.4 Å². The third kappa shape index (κ3) is 2.26. The number of carboxylic acids is 1. The first-order valence-electron chi connectivity index (χ1n) is 9.37. The molecule has 5 rings (SSSR count). The molecule has 1 aliphatic carbocycles. The lowest BCUT2D eigenvalue weighted by Crippen LogP contribution is -2.31. The lowest BCUT2D eigenvalue weighted by atomic mass is 10.0. The van der Waals surface area contributed by atoms with Gasteiger partial charge in [0.05, 0.1) is 10.9 Å². The third-order valence-corrected chi connectivity index (χ3v) is 6.00. The average Bonchev–Trinajstić information content (AvgIpc) is 3.40. The van der Waals surface area contributed by atoms with Crippen LogP contribution < -0.4 is 16.1 Å². The molecule has 1 unspecified atom stereocenters. The van der Waals surface area contributed by atoms with Crippen molar-refractivity contribution in [2.24, 2.45) is 5.73 Å². The van der Waals surface area contributed by atoms with Crippen LogP contribution in [0.4, 0.5) is 5.82 Å². The summed E-state index contributed by atoms with van der Waals surface area (Å²) in [6.45, 7) is 0.789. The molecule has 3 N–H and O–H groups in total. The maximum atomic E-state index is 12.7. The van der Waals surface area contributed by atoms with Crippen molar-refractivity contribution in [3.8, 4) is 0 Å². The van der Waals surface area contributed by atoms with E-state index in [2.05, 4.69) is 9.88 Å². The number of hydrogen-bond donors (Lipinski definition) is 2. The van der Waals surface area contributed by atoms with Crippen molar-refractivity contribution in [1.29, 1.82) is 0 Å². The second kappa shape index (κ2) is 5.54. The number of fused-ring (bicyclic) bond motifs is 5. The molecule has 2 fully saturated rings. The van der Waals surface area contributed by atoms with E-state index in [1.54, 1.807) is 12.4 Å². The zero-order valence-corrected chi connectivity index (χ0v) is 14.5. The number of nitrogens with zero attached hydrogens (tertiary/aromatic N) is 3. The minimum atomic E-state index is -1.17. The Bertz CT molecular complexity index is 979. The Morgan fingerprint density at radius 1 is 1.27 bits per heavy atom. The van der Waals surface area contributed by atoms with Crippen LogP contribution in [0.3, 0.4) is 0 Å². The first-order chi connectivity index (χ1) is 12.5. The van der Waals surface area contributed by atoms with Crippen LogP contribution in [0, 0.1) is 0 Å². The molecule has 2 aliphatic heterocycles. The third-order valence-electron chi connectivity index (χ3n) is 6.00. The Morgan fingerprint density at radius 3 is 2.81 bits per heavy atom. The van der Waals surface area contributed by atoms with Gasteiger partial charge in [-0.05, 0) is 38.5 Å². The maximum absolute atomic E-state index is 12.7. The van der Waals surface area contributed by atoms with Crippen molar-refractivity contribution in [1.82, 2.24) is 9.55 Å². The molecule has 3 aliphatic rings. The van der Waals surface area contributed by atoms with Crippen molar-refractivity contribution in [2.45, 2.75) is 56.7 Å². The molecule has 7 heteroatoms. The van der Waals surface area contributed by atoms with Gasteiger partial charge in [-0.15, -0.1) is 0 Å². The fourth-order valence-corrected chi connectivity index (χ4v) is 4.67. The van der Waals surface area contributed by atoms with Gasteiger partial charge in [-0.2, -0.15) is 0 Å². The van der Waals surface area contributed by atoms with Gasteiger partial charge < -0.3 is 20.3 Å². The van der Waals surface area contributed by atoms with Gasteiger partial charge in [0, 0.05) is 42.6 Å². The second-order valence-corrected chi connectivity index (χ2v) is 7.83. The first-order valence-corrected chi connectivity index (χ1v) is 9.37. The Morgan fingerprint density at radius 2 is 2.08 bits per heavy atom. The number of carbonyl (C=O) groups is 1. The Balaban J connectivity index is 1.81. The van der Waals surface area contributed by atoms with E-state index in [4.69, 9.17) is 5.73 Å². The molecule has 2 aromatic heterocycles. The quantitative estimate of drug-likeness (QED) is 0.851. The molecule has 0 spiro atoms. The monoisotopic (exact) mass is 354 g/mol. The smallest absolute Gasteiger partial charge is 0.341 e. The van der Waals surface area contributed by atoms with E-state index in [-0.39, 0.29) is 17.6 Å². The molecule has 7 nitrogen and oxygen atoms in total. The predicted octanol–water partition coefficient (Wildman–Crippen LogP) is 1.67. The van der Waals surface area contributed by atoms with Crippen molar-refractivity contribution >= 4 is 22.7 Å². The molecular weight excluding hydrogens is 332 g/mol. The van der Waals surface area contributed by atoms with Gasteiger partial charge in [-0.1, -0.05) is 0 Å². The van der Waals surface area contributed by atoms with Gasteiger partial charge in [-0.3, -0.25) is 4.79 Å². The summed E-state index contributed by atoms with van der Waals surface area (Å²) in [5.41, 5.74) is 7.56. The molecule has 1 saturated carbocycles. The van der Waals surface area contributed by atoms with Crippen molar-refractivity contribution in [2.75, 3.05) is 11.4 Å². The minimum absolute atomic E-state index is 0.156. The molecule has 136 valence electrons. The Hall–Kier alpha value is -2.41. The van der Waals surface area contributed by atoms with Crippen LogP contribution in [0.15, 0.2) is 17.2 Å². The number of anilines is 1. The summed E-state index contributed by atoms with van der Waals surface area (Å²) < 4.78 is 2.02. The molecule has 1 saturated heterocycles. The summed E-state index contributed by atoms with van der Waals surface area (Å²) in [5.74, 6) is -0.239. The minimum Gasteiger partial charge on any atom is -0.477 e. The van der Waals surface area contributed by atoms with Crippen molar-refractivity contribution in [3.63, 3.8) is 0 Å². The van der Waals surface area contributed by atoms with Crippen molar-refractivity contribution < 1.29 is 9.90 Å². The molecule has 2 atom stereocenters. The van der Waals surface area contributed by atoms with Gasteiger partial charge in [0.2, 0.25) is 5.43 Å². The van der Waals surface area contributed by atoms with Crippen LogP contribution in [0.5, 0.6) is 0 Å². The molecule has 26 heavy (non-hydrogen) atoms. The summed E-state index contributed by atoms with van der Waals surface area (Å²) in [4.78, 5) is 31.2. The second-order valence-electron chi connectivity index (χ2n) is 7.83. The summed E-state index contributed by atoms with van der Waals surface area (Å²) >= 11 is 0. The van der Waals surface area contributed by atoms with Crippen molar-refractivity contribution in [3.05, 3.63) is 33.7 Å². The lowest BCUT2D eigenvalue weighted by molar-refractivity contribution is 0.0695. The fourth-order valence-electron chi connectivity index (χ4n) is 4.67. The summed E-state index contributed by atoms with van der Waals surface area (Å²) in [7, 11) is 0. The SMILES string of the molecule is N[C@H]1CC2CCCc3c(ncc4c(=O)c(C(=O)O)cn(C5CC5)c34)N2C1. The van der Waals surface area contributed by atoms with Crippen LogP contribution in [0.2, 0.25) is 0 Å². The van der Waals surface area contributed by atoms with Gasteiger partial charge in [0.15, 0.2) is 0 Å². The Kier molecular flexibility index (Phi) is 3.37. The maximum Gasteiger partial charge on any atom is 0.341 e. The first kappa shape index (κ1) is 15.8. The highest BCUT2D eigenvalue weighted by Gasteiger charge is 2.36. The zero-order valence-electron chi connectivity index (χ0n) is 14.5. The number of hydrogen-bond acceptors (Lipinski definition) is 5. The highest BCUT2D eigenvalue weighted by molar-refractivity contribution is 5.94. The normalized spacial score (nSPS) is 25.0. The molecule has 0 bridgehead atoms. The van der Waals surface area contributed by atoms with Gasteiger partial charge in [0.25, 0.3) is 0 Å². The number of aromatic nitrogens is 2. The van der Waals surface area contributed by atoms with E-state index in [9.17, 15) is 14.7 Å².